The zero-order valence-corrected chi connectivity index (χ0v) is 11.9. The lowest BCUT2D eigenvalue weighted by Gasteiger charge is -2.03. The zero-order chi connectivity index (χ0) is 13.0. The molecule has 0 aliphatic heterocycles. The summed E-state index contributed by atoms with van der Waals surface area (Å²) in [5.74, 6) is 0. The molecule has 3 nitrogen and oxygen atoms in total. The van der Waals surface area contributed by atoms with Gasteiger partial charge in [-0.2, -0.15) is 0 Å². The molecule has 0 aliphatic rings. The minimum atomic E-state index is 0.288. The SMILES string of the molecule is CNC(C)c1nnc(CCc2ccc(C)cc2)s1. The molecule has 96 valence electrons. The lowest BCUT2D eigenvalue weighted by atomic mass is 10.1. The summed E-state index contributed by atoms with van der Waals surface area (Å²) in [4.78, 5) is 0. The maximum atomic E-state index is 4.25. The summed E-state index contributed by atoms with van der Waals surface area (Å²) in [6, 6.07) is 8.98. The second kappa shape index (κ2) is 6.07. The van der Waals surface area contributed by atoms with E-state index in [-0.39, 0.29) is 6.04 Å². The maximum Gasteiger partial charge on any atom is 0.134 e. The van der Waals surface area contributed by atoms with Gasteiger partial charge in [-0.25, -0.2) is 0 Å². The molecule has 1 atom stereocenters. The quantitative estimate of drug-likeness (QED) is 0.899. The van der Waals surface area contributed by atoms with Crippen LogP contribution in [0, 0.1) is 6.92 Å². The molecule has 18 heavy (non-hydrogen) atoms. The number of aryl methyl sites for hydroxylation is 3. The van der Waals surface area contributed by atoms with Gasteiger partial charge in [-0.05, 0) is 32.9 Å². The summed E-state index contributed by atoms with van der Waals surface area (Å²) in [7, 11) is 1.94. The summed E-state index contributed by atoms with van der Waals surface area (Å²) in [5, 5.41) is 13.8. The van der Waals surface area contributed by atoms with Gasteiger partial charge in [-0.15, -0.1) is 10.2 Å². The highest BCUT2D eigenvalue weighted by molar-refractivity contribution is 7.11. The maximum absolute atomic E-state index is 4.25. The van der Waals surface area contributed by atoms with Crippen molar-refractivity contribution in [3.05, 3.63) is 45.4 Å². The molecule has 1 unspecified atom stereocenters. The Bertz CT molecular complexity index is 490. The number of aromatic nitrogens is 2. The van der Waals surface area contributed by atoms with Crippen LogP contribution in [-0.2, 0) is 12.8 Å². The molecular formula is C14H19N3S. The molecule has 1 heterocycles. The third-order valence-electron chi connectivity index (χ3n) is 3.03. The highest BCUT2D eigenvalue weighted by Gasteiger charge is 2.09. The predicted molar refractivity (Wildman–Crippen MR) is 76.0 cm³/mol. The standard InChI is InChI=1S/C14H19N3S/c1-10-4-6-12(7-5-10)8-9-13-16-17-14(18-13)11(2)15-3/h4-7,11,15H,8-9H2,1-3H3. The minimum absolute atomic E-state index is 0.288. The van der Waals surface area contributed by atoms with Crippen LogP contribution in [0.5, 0.6) is 0 Å². The second-order valence-corrected chi connectivity index (χ2v) is 5.62. The fourth-order valence-electron chi connectivity index (χ4n) is 1.67. The molecule has 0 saturated carbocycles. The van der Waals surface area contributed by atoms with Gasteiger partial charge in [0.25, 0.3) is 0 Å². The zero-order valence-electron chi connectivity index (χ0n) is 11.1. The summed E-state index contributed by atoms with van der Waals surface area (Å²) in [5.41, 5.74) is 2.67. The molecule has 1 aromatic heterocycles. The van der Waals surface area contributed by atoms with Crippen LogP contribution >= 0.6 is 11.3 Å². The van der Waals surface area contributed by atoms with Crippen molar-refractivity contribution < 1.29 is 0 Å². The molecule has 0 spiro atoms. The van der Waals surface area contributed by atoms with E-state index in [1.165, 1.54) is 11.1 Å². The Morgan fingerprint density at radius 3 is 2.56 bits per heavy atom. The molecule has 0 bridgehead atoms. The van der Waals surface area contributed by atoms with Crippen molar-refractivity contribution in [3.8, 4) is 0 Å². The lowest BCUT2D eigenvalue weighted by Crippen LogP contribution is -2.11. The monoisotopic (exact) mass is 261 g/mol. The van der Waals surface area contributed by atoms with Crippen molar-refractivity contribution in [2.24, 2.45) is 0 Å². The molecular weight excluding hydrogens is 242 g/mol. The molecule has 2 rings (SSSR count). The van der Waals surface area contributed by atoms with Gasteiger partial charge in [0.1, 0.15) is 10.0 Å². The van der Waals surface area contributed by atoms with Crippen LogP contribution in [0.1, 0.15) is 34.1 Å². The number of nitrogens with one attached hydrogen (secondary N) is 1. The van der Waals surface area contributed by atoms with Crippen molar-refractivity contribution >= 4 is 11.3 Å². The Morgan fingerprint density at radius 1 is 1.17 bits per heavy atom. The summed E-state index contributed by atoms with van der Waals surface area (Å²) in [6.07, 6.45) is 2.00. The third-order valence-corrected chi connectivity index (χ3v) is 4.20. The Kier molecular flexibility index (Phi) is 4.44. The van der Waals surface area contributed by atoms with E-state index in [2.05, 4.69) is 53.6 Å². The second-order valence-electron chi connectivity index (χ2n) is 4.53. The fraction of sp³-hybridized carbons (Fsp3) is 0.429. The van der Waals surface area contributed by atoms with Crippen LogP contribution in [0.15, 0.2) is 24.3 Å². The van der Waals surface area contributed by atoms with E-state index >= 15 is 0 Å². The Labute approximate surface area is 112 Å². The van der Waals surface area contributed by atoms with Gasteiger partial charge >= 0.3 is 0 Å². The fourth-order valence-corrected chi connectivity index (χ4v) is 2.58. The summed E-state index contributed by atoms with van der Waals surface area (Å²) >= 11 is 1.70. The first-order valence-electron chi connectivity index (χ1n) is 6.24. The summed E-state index contributed by atoms with van der Waals surface area (Å²) < 4.78 is 0. The first kappa shape index (κ1) is 13.2. The van der Waals surface area contributed by atoms with Crippen molar-refractivity contribution in [2.75, 3.05) is 7.05 Å². The lowest BCUT2D eigenvalue weighted by molar-refractivity contribution is 0.639. The molecule has 0 fully saturated rings. The van der Waals surface area contributed by atoms with Crippen LogP contribution < -0.4 is 5.32 Å². The van der Waals surface area contributed by atoms with E-state index in [1.54, 1.807) is 11.3 Å². The average molecular weight is 261 g/mol. The van der Waals surface area contributed by atoms with Gasteiger partial charge in [0.15, 0.2) is 0 Å². The number of nitrogens with zero attached hydrogens (tertiary/aromatic N) is 2. The molecule has 0 radical (unpaired) electrons. The minimum Gasteiger partial charge on any atom is -0.311 e. The van der Waals surface area contributed by atoms with Gasteiger partial charge < -0.3 is 5.32 Å². The first-order chi connectivity index (χ1) is 8.69. The van der Waals surface area contributed by atoms with E-state index in [4.69, 9.17) is 0 Å². The number of hydrogen-bond donors (Lipinski definition) is 1. The molecule has 0 aliphatic carbocycles. The highest BCUT2D eigenvalue weighted by atomic mass is 32.1. The largest absolute Gasteiger partial charge is 0.311 e. The van der Waals surface area contributed by atoms with Crippen molar-refractivity contribution in [2.45, 2.75) is 32.7 Å². The predicted octanol–water partition coefficient (Wildman–Crippen LogP) is 2.91. The Hall–Kier alpha value is -1.26. The Morgan fingerprint density at radius 2 is 1.89 bits per heavy atom. The van der Waals surface area contributed by atoms with E-state index in [9.17, 15) is 0 Å². The van der Waals surface area contributed by atoms with Gasteiger partial charge in [-0.3, -0.25) is 0 Å². The summed E-state index contributed by atoms with van der Waals surface area (Å²) in [6.45, 7) is 4.21. The van der Waals surface area contributed by atoms with Crippen LogP contribution in [0.25, 0.3) is 0 Å². The number of benzene rings is 1. The molecule has 1 N–H and O–H groups in total. The van der Waals surface area contributed by atoms with Crippen LogP contribution in [-0.4, -0.2) is 17.2 Å². The highest BCUT2D eigenvalue weighted by Crippen LogP contribution is 2.18. The average Bonchev–Trinajstić information content (AvgIpc) is 2.86. The van der Waals surface area contributed by atoms with Crippen LogP contribution in [0.3, 0.4) is 0 Å². The first-order valence-corrected chi connectivity index (χ1v) is 7.06. The van der Waals surface area contributed by atoms with Crippen molar-refractivity contribution in [1.82, 2.24) is 15.5 Å². The molecule has 1 aromatic carbocycles. The third kappa shape index (κ3) is 3.37. The van der Waals surface area contributed by atoms with Gasteiger partial charge in [0.2, 0.25) is 0 Å². The van der Waals surface area contributed by atoms with Crippen LogP contribution in [0.4, 0.5) is 0 Å². The smallest absolute Gasteiger partial charge is 0.134 e. The molecule has 0 amide bonds. The van der Waals surface area contributed by atoms with E-state index in [1.807, 2.05) is 7.05 Å². The van der Waals surface area contributed by atoms with Gasteiger partial charge in [0, 0.05) is 6.42 Å². The van der Waals surface area contributed by atoms with E-state index in [0.29, 0.717) is 0 Å². The van der Waals surface area contributed by atoms with E-state index in [0.717, 1.165) is 22.9 Å². The topological polar surface area (TPSA) is 37.8 Å². The molecule has 4 heteroatoms. The van der Waals surface area contributed by atoms with Crippen LogP contribution in [0.2, 0.25) is 0 Å². The van der Waals surface area contributed by atoms with Crippen molar-refractivity contribution in [1.29, 1.82) is 0 Å². The van der Waals surface area contributed by atoms with Gasteiger partial charge in [-0.1, -0.05) is 41.2 Å². The van der Waals surface area contributed by atoms with Crippen molar-refractivity contribution in [3.63, 3.8) is 0 Å². The molecule has 2 aromatic rings. The number of rotatable bonds is 5. The number of hydrogen-bond acceptors (Lipinski definition) is 4. The normalized spacial score (nSPS) is 12.6. The van der Waals surface area contributed by atoms with Gasteiger partial charge in [0.05, 0.1) is 6.04 Å². The van der Waals surface area contributed by atoms with E-state index < -0.39 is 0 Å². The molecule has 0 saturated heterocycles. The Balaban J connectivity index is 1.94.